The Morgan fingerprint density at radius 1 is 0.895 bits per heavy atom. The van der Waals surface area contributed by atoms with E-state index in [-0.39, 0.29) is 11.5 Å². The minimum absolute atomic E-state index is 0.0120. The molecule has 1 nitrogen and oxygen atoms in total. The van der Waals surface area contributed by atoms with Crippen LogP contribution in [0.25, 0.3) is 0 Å². The van der Waals surface area contributed by atoms with E-state index in [0.717, 1.165) is 6.42 Å². The maximum absolute atomic E-state index is 6.62. The Labute approximate surface area is 115 Å². The molecule has 1 heteroatoms. The molecule has 1 saturated carbocycles. The van der Waals surface area contributed by atoms with Gasteiger partial charge >= 0.3 is 0 Å². The molecule has 0 aromatic heterocycles. The van der Waals surface area contributed by atoms with Crippen LogP contribution in [0.2, 0.25) is 0 Å². The van der Waals surface area contributed by atoms with Gasteiger partial charge in [0.2, 0.25) is 0 Å². The number of nitrogens with two attached hydrogens (primary N) is 1. The molecule has 2 aromatic rings. The van der Waals surface area contributed by atoms with Gasteiger partial charge in [-0.15, -0.1) is 0 Å². The summed E-state index contributed by atoms with van der Waals surface area (Å²) >= 11 is 0. The Bertz CT molecular complexity index is 493. The molecular weight excluding hydrogens is 230 g/mol. The van der Waals surface area contributed by atoms with Crippen LogP contribution in [-0.2, 0) is 5.41 Å². The van der Waals surface area contributed by atoms with Gasteiger partial charge in [-0.3, -0.25) is 0 Å². The Morgan fingerprint density at radius 3 is 1.74 bits per heavy atom. The Balaban J connectivity index is 2.18. The summed E-state index contributed by atoms with van der Waals surface area (Å²) in [6.07, 6.45) is 2.34. The molecule has 0 aliphatic heterocycles. The Morgan fingerprint density at radius 2 is 1.37 bits per heavy atom. The van der Waals surface area contributed by atoms with Crippen LogP contribution < -0.4 is 5.73 Å². The predicted molar refractivity (Wildman–Crippen MR) is 80.0 cm³/mol. The van der Waals surface area contributed by atoms with Crippen molar-refractivity contribution in [1.29, 1.82) is 0 Å². The quantitative estimate of drug-likeness (QED) is 0.864. The van der Waals surface area contributed by atoms with Crippen LogP contribution in [0.5, 0.6) is 0 Å². The minimum atomic E-state index is -0.0120. The second-order valence-corrected chi connectivity index (χ2v) is 5.75. The van der Waals surface area contributed by atoms with Crippen molar-refractivity contribution >= 4 is 0 Å². The second kappa shape index (κ2) is 4.82. The van der Waals surface area contributed by atoms with Crippen molar-refractivity contribution in [2.45, 2.75) is 31.2 Å². The highest BCUT2D eigenvalue weighted by atomic mass is 14.7. The first kappa shape index (κ1) is 12.4. The lowest BCUT2D eigenvalue weighted by Gasteiger charge is -2.36. The van der Waals surface area contributed by atoms with Gasteiger partial charge in [-0.05, 0) is 29.9 Å². The molecule has 3 rings (SSSR count). The zero-order valence-corrected chi connectivity index (χ0v) is 11.4. The molecule has 0 amide bonds. The second-order valence-electron chi connectivity index (χ2n) is 5.75. The number of hydrogen-bond donors (Lipinski definition) is 1. The predicted octanol–water partition coefficient (Wildman–Crippen LogP) is 3.73. The third-order valence-electron chi connectivity index (χ3n) is 4.75. The van der Waals surface area contributed by atoms with Crippen molar-refractivity contribution in [3.05, 3.63) is 71.8 Å². The van der Waals surface area contributed by atoms with Crippen LogP contribution in [-0.4, -0.2) is 6.04 Å². The van der Waals surface area contributed by atoms with Gasteiger partial charge in [0, 0.05) is 11.5 Å². The van der Waals surface area contributed by atoms with E-state index >= 15 is 0 Å². The first-order chi connectivity index (χ1) is 9.25. The fourth-order valence-corrected chi connectivity index (χ4v) is 3.60. The SMILES string of the molecule is CC1CCC(c2ccccc2)(c2ccccc2)C1N. The van der Waals surface area contributed by atoms with Gasteiger partial charge in [0.05, 0.1) is 0 Å². The van der Waals surface area contributed by atoms with E-state index in [9.17, 15) is 0 Å². The highest BCUT2D eigenvalue weighted by Gasteiger charge is 2.46. The third kappa shape index (κ3) is 1.89. The van der Waals surface area contributed by atoms with Crippen LogP contribution in [0.1, 0.15) is 30.9 Å². The van der Waals surface area contributed by atoms with Crippen molar-refractivity contribution < 1.29 is 0 Å². The van der Waals surface area contributed by atoms with Gasteiger partial charge in [0.15, 0.2) is 0 Å². The van der Waals surface area contributed by atoms with Crippen LogP contribution in [0, 0.1) is 5.92 Å². The van der Waals surface area contributed by atoms with E-state index in [1.807, 2.05) is 0 Å². The van der Waals surface area contributed by atoms with Gasteiger partial charge < -0.3 is 5.73 Å². The fourth-order valence-electron chi connectivity index (χ4n) is 3.60. The molecule has 1 aliphatic carbocycles. The van der Waals surface area contributed by atoms with Gasteiger partial charge in [0.1, 0.15) is 0 Å². The summed E-state index contributed by atoms with van der Waals surface area (Å²) in [5.74, 6) is 0.570. The molecule has 1 aliphatic rings. The summed E-state index contributed by atoms with van der Waals surface area (Å²) in [6, 6.07) is 21.7. The van der Waals surface area contributed by atoms with E-state index in [4.69, 9.17) is 5.73 Å². The lowest BCUT2D eigenvalue weighted by molar-refractivity contribution is 0.418. The average molecular weight is 251 g/mol. The summed E-state index contributed by atoms with van der Waals surface area (Å²) in [5.41, 5.74) is 9.33. The van der Waals surface area contributed by atoms with Crippen LogP contribution in [0.15, 0.2) is 60.7 Å². The molecule has 2 aromatic carbocycles. The van der Waals surface area contributed by atoms with Crippen molar-refractivity contribution in [3.8, 4) is 0 Å². The Hall–Kier alpha value is -1.60. The third-order valence-corrected chi connectivity index (χ3v) is 4.75. The van der Waals surface area contributed by atoms with E-state index in [0.29, 0.717) is 5.92 Å². The van der Waals surface area contributed by atoms with Crippen molar-refractivity contribution in [2.75, 3.05) is 0 Å². The van der Waals surface area contributed by atoms with E-state index in [2.05, 4.69) is 67.6 Å². The molecular formula is C18H21N. The maximum atomic E-state index is 6.62. The van der Waals surface area contributed by atoms with E-state index in [1.165, 1.54) is 17.5 Å². The minimum Gasteiger partial charge on any atom is -0.326 e. The van der Waals surface area contributed by atoms with Gasteiger partial charge in [-0.25, -0.2) is 0 Å². The average Bonchev–Trinajstić information content (AvgIpc) is 2.78. The summed E-state index contributed by atoms with van der Waals surface area (Å²) in [6.45, 7) is 2.28. The number of hydrogen-bond acceptors (Lipinski definition) is 1. The molecule has 0 heterocycles. The monoisotopic (exact) mass is 251 g/mol. The molecule has 2 unspecified atom stereocenters. The zero-order chi connectivity index (χ0) is 13.3. The highest BCUT2D eigenvalue weighted by molar-refractivity contribution is 5.43. The number of rotatable bonds is 2. The maximum Gasteiger partial charge on any atom is 0.0356 e. The van der Waals surface area contributed by atoms with E-state index < -0.39 is 0 Å². The molecule has 2 N–H and O–H groups in total. The standard InChI is InChI=1S/C18H21N/c1-14-12-13-18(17(14)19,15-8-4-2-5-9-15)16-10-6-3-7-11-16/h2-11,14,17H,12-13,19H2,1H3. The fraction of sp³-hybridized carbons (Fsp3) is 0.333. The number of benzene rings is 2. The van der Waals surface area contributed by atoms with E-state index in [1.54, 1.807) is 0 Å². The lowest BCUT2D eigenvalue weighted by atomic mass is 9.70. The summed E-state index contributed by atoms with van der Waals surface area (Å²) in [4.78, 5) is 0. The first-order valence-corrected chi connectivity index (χ1v) is 7.12. The van der Waals surface area contributed by atoms with Gasteiger partial charge in [-0.2, -0.15) is 0 Å². The summed E-state index contributed by atoms with van der Waals surface area (Å²) in [5, 5.41) is 0. The molecule has 19 heavy (non-hydrogen) atoms. The lowest BCUT2D eigenvalue weighted by Crippen LogP contribution is -2.44. The normalized spacial score (nSPS) is 25.4. The van der Waals surface area contributed by atoms with Crippen LogP contribution in [0.3, 0.4) is 0 Å². The zero-order valence-electron chi connectivity index (χ0n) is 11.4. The Kier molecular flexibility index (Phi) is 3.16. The van der Waals surface area contributed by atoms with Crippen LogP contribution in [0.4, 0.5) is 0 Å². The summed E-state index contributed by atoms with van der Waals surface area (Å²) < 4.78 is 0. The molecule has 0 bridgehead atoms. The molecule has 0 radical (unpaired) electrons. The molecule has 98 valence electrons. The largest absolute Gasteiger partial charge is 0.326 e. The summed E-state index contributed by atoms with van der Waals surface area (Å²) in [7, 11) is 0. The topological polar surface area (TPSA) is 26.0 Å². The molecule has 0 saturated heterocycles. The molecule has 0 spiro atoms. The molecule has 1 fully saturated rings. The highest BCUT2D eigenvalue weighted by Crippen LogP contribution is 2.47. The van der Waals surface area contributed by atoms with Crippen molar-refractivity contribution in [3.63, 3.8) is 0 Å². The van der Waals surface area contributed by atoms with Crippen molar-refractivity contribution in [1.82, 2.24) is 0 Å². The van der Waals surface area contributed by atoms with Crippen molar-refractivity contribution in [2.24, 2.45) is 11.7 Å². The molecule has 2 atom stereocenters. The smallest absolute Gasteiger partial charge is 0.0356 e. The van der Waals surface area contributed by atoms with Gasteiger partial charge in [0.25, 0.3) is 0 Å². The first-order valence-electron chi connectivity index (χ1n) is 7.12. The van der Waals surface area contributed by atoms with Gasteiger partial charge in [-0.1, -0.05) is 67.6 Å². The van der Waals surface area contributed by atoms with Crippen LogP contribution >= 0.6 is 0 Å².